The van der Waals surface area contributed by atoms with E-state index in [1.807, 2.05) is 53.1 Å². The van der Waals surface area contributed by atoms with Crippen LogP contribution in [-0.2, 0) is 4.74 Å². The molecule has 0 saturated carbocycles. The summed E-state index contributed by atoms with van der Waals surface area (Å²) < 4.78 is 12.4. The lowest BCUT2D eigenvalue weighted by Gasteiger charge is -2.08. The number of rotatable bonds is 7. The minimum Gasteiger partial charge on any atom is -0.491 e. The second-order valence-corrected chi connectivity index (χ2v) is 6.10. The number of imidazole rings is 1. The van der Waals surface area contributed by atoms with Crippen molar-refractivity contribution in [2.45, 2.75) is 0 Å². The number of nitrogens with two attached hydrogens (primary N) is 1. The van der Waals surface area contributed by atoms with Crippen molar-refractivity contribution in [2.24, 2.45) is 0 Å². The molecular formula is C20H20N6O2. The van der Waals surface area contributed by atoms with Crippen molar-refractivity contribution in [1.29, 1.82) is 0 Å². The Morgan fingerprint density at radius 2 is 1.93 bits per heavy atom. The molecular weight excluding hydrogens is 356 g/mol. The predicted molar refractivity (Wildman–Crippen MR) is 108 cm³/mol. The second-order valence-electron chi connectivity index (χ2n) is 6.10. The smallest absolute Gasteiger partial charge is 0.229 e. The van der Waals surface area contributed by atoms with Gasteiger partial charge < -0.3 is 20.5 Å². The van der Waals surface area contributed by atoms with Gasteiger partial charge in [0, 0.05) is 18.5 Å². The minimum absolute atomic E-state index is 0.478. The second kappa shape index (κ2) is 7.93. The van der Waals surface area contributed by atoms with Crippen LogP contribution in [0.3, 0.4) is 0 Å². The van der Waals surface area contributed by atoms with Crippen LogP contribution in [0.2, 0.25) is 0 Å². The Hall–Kier alpha value is -3.65. The number of benzene rings is 2. The minimum atomic E-state index is 0.478. The summed E-state index contributed by atoms with van der Waals surface area (Å²) in [6, 6.07) is 15.1. The fourth-order valence-electron chi connectivity index (χ4n) is 2.74. The van der Waals surface area contributed by atoms with Gasteiger partial charge in [-0.1, -0.05) is 6.07 Å². The fraction of sp³-hybridized carbons (Fsp3) is 0.150. The molecule has 2 aromatic carbocycles. The zero-order valence-corrected chi connectivity index (χ0v) is 15.4. The van der Waals surface area contributed by atoms with Crippen LogP contribution >= 0.6 is 0 Å². The van der Waals surface area contributed by atoms with E-state index in [9.17, 15) is 0 Å². The first-order chi connectivity index (χ1) is 13.7. The molecule has 142 valence electrons. The number of nitrogens with zero attached hydrogens (tertiary/aromatic N) is 4. The van der Waals surface area contributed by atoms with Gasteiger partial charge in [0.05, 0.1) is 18.5 Å². The Labute approximate surface area is 162 Å². The van der Waals surface area contributed by atoms with E-state index in [4.69, 9.17) is 15.2 Å². The van der Waals surface area contributed by atoms with E-state index in [0.29, 0.717) is 36.0 Å². The maximum atomic E-state index is 5.90. The Balaban J connectivity index is 1.55. The van der Waals surface area contributed by atoms with Gasteiger partial charge in [-0.3, -0.25) is 4.57 Å². The average Bonchev–Trinajstić information content (AvgIpc) is 3.13. The zero-order valence-electron chi connectivity index (χ0n) is 15.4. The highest BCUT2D eigenvalue weighted by Crippen LogP contribution is 2.21. The predicted octanol–water partition coefficient (Wildman–Crippen LogP) is 3.17. The molecule has 28 heavy (non-hydrogen) atoms. The van der Waals surface area contributed by atoms with Gasteiger partial charge in [0.15, 0.2) is 5.65 Å². The van der Waals surface area contributed by atoms with Crippen LogP contribution < -0.4 is 15.8 Å². The number of nitrogen functional groups attached to an aromatic ring is 1. The van der Waals surface area contributed by atoms with Crippen molar-refractivity contribution < 1.29 is 9.47 Å². The molecule has 2 heterocycles. The summed E-state index contributed by atoms with van der Waals surface area (Å²) in [5.41, 5.74) is 9.72. The molecule has 8 heteroatoms. The molecule has 0 aliphatic carbocycles. The van der Waals surface area contributed by atoms with Crippen LogP contribution in [0.4, 0.5) is 17.3 Å². The van der Waals surface area contributed by atoms with E-state index >= 15 is 0 Å². The molecule has 4 aromatic rings. The SMILES string of the molecule is COCCOc1ccc(Nc2ncc3ncn(-c4cccc(N)c4)c3n2)cc1. The van der Waals surface area contributed by atoms with Crippen LogP contribution in [0.15, 0.2) is 61.1 Å². The Morgan fingerprint density at radius 3 is 2.71 bits per heavy atom. The van der Waals surface area contributed by atoms with E-state index in [2.05, 4.69) is 20.3 Å². The third-order valence-corrected chi connectivity index (χ3v) is 4.11. The molecule has 3 N–H and O–H groups in total. The normalized spacial score (nSPS) is 10.9. The van der Waals surface area contributed by atoms with Crippen LogP contribution in [-0.4, -0.2) is 39.8 Å². The number of hydrogen-bond donors (Lipinski definition) is 2. The van der Waals surface area contributed by atoms with Gasteiger partial charge in [-0.2, -0.15) is 4.98 Å². The fourth-order valence-corrected chi connectivity index (χ4v) is 2.74. The highest BCUT2D eigenvalue weighted by atomic mass is 16.5. The number of hydrogen-bond acceptors (Lipinski definition) is 7. The van der Waals surface area contributed by atoms with Crippen molar-refractivity contribution >= 4 is 28.5 Å². The Bertz CT molecular complexity index is 1080. The van der Waals surface area contributed by atoms with Crippen molar-refractivity contribution in [2.75, 3.05) is 31.4 Å². The molecule has 0 fully saturated rings. The van der Waals surface area contributed by atoms with Crippen LogP contribution in [0.5, 0.6) is 5.75 Å². The monoisotopic (exact) mass is 376 g/mol. The number of nitrogens with one attached hydrogen (secondary N) is 1. The molecule has 0 bridgehead atoms. The average molecular weight is 376 g/mol. The number of fused-ring (bicyclic) bond motifs is 1. The molecule has 0 saturated heterocycles. The first-order valence-corrected chi connectivity index (χ1v) is 8.78. The quantitative estimate of drug-likeness (QED) is 0.377. The van der Waals surface area contributed by atoms with Gasteiger partial charge in [0.2, 0.25) is 5.95 Å². The molecule has 0 atom stereocenters. The van der Waals surface area contributed by atoms with Gasteiger partial charge in [-0.05, 0) is 42.5 Å². The van der Waals surface area contributed by atoms with Crippen molar-refractivity contribution in [1.82, 2.24) is 19.5 Å². The Kier molecular flexibility index (Phi) is 5.03. The lowest BCUT2D eigenvalue weighted by molar-refractivity contribution is 0.146. The van der Waals surface area contributed by atoms with E-state index in [-0.39, 0.29) is 0 Å². The van der Waals surface area contributed by atoms with Gasteiger partial charge in [0.1, 0.15) is 24.2 Å². The molecule has 0 aliphatic rings. The van der Waals surface area contributed by atoms with Gasteiger partial charge in [0.25, 0.3) is 0 Å². The van der Waals surface area contributed by atoms with Crippen LogP contribution in [0.1, 0.15) is 0 Å². The Morgan fingerprint density at radius 1 is 1.07 bits per heavy atom. The first-order valence-electron chi connectivity index (χ1n) is 8.78. The molecule has 0 aliphatic heterocycles. The number of anilines is 3. The molecule has 0 radical (unpaired) electrons. The lowest BCUT2D eigenvalue weighted by Crippen LogP contribution is -2.04. The van der Waals surface area contributed by atoms with Crippen LogP contribution in [0.25, 0.3) is 16.9 Å². The maximum Gasteiger partial charge on any atom is 0.229 e. The molecule has 0 unspecified atom stereocenters. The van der Waals surface area contributed by atoms with E-state index < -0.39 is 0 Å². The molecule has 2 aromatic heterocycles. The summed E-state index contributed by atoms with van der Waals surface area (Å²) in [5.74, 6) is 1.25. The van der Waals surface area contributed by atoms with E-state index in [1.54, 1.807) is 19.6 Å². The van der Waals surface area contributed by atoms with Gasteiger partial charge in [-0.15, -0.1) is 0 Å². The highest BCUT2D eigenvalue weighted by Gasteiger charge is 2.09. The molecule has 0 spiro atoms. The van der Waals surface area contributed by atoms with Crippen molar-refractivity contribution in [3.05, 3.63) is 61.1 Å². The number of ether oxygens (including phenoxy) is 2. The van der Waals surface area contributed by atoms with Crippen molar-refractivity contribution in [3.63, 3.8) is 0 Å². The summed E-state index contributed by atoms with van der Waals surface area (Å²) in [7, 11) is 1.64. The third-order valence-electron chi connectivity index (χ3n) is 4.11. The van der Waals surface area contributed by atoms with Crippen LogP contribution in [0, 0.1) is 0 Å². The third kappa shape index (κ3) is 3.86. The molecule has 0 amide bonds. The largest absolute Gasteiger partial charge is 0.491 e. The summed E-state index contributed by atoms with van der Waals surface area (Å²) in [4.78, 5) is 13.3. The van der Waals surface area contributed by atoms with E-state index in [1.165, 1.54) is 0 Å². The van der Waals surface area contributed by atoms with Gasteiger partial charge >= 0.3 is 0 Å². The summed E-state index contributed by atoms with van der Waals surface area (Å²) in [5, 5.41) is 3.20. The zero-order chi connectivity index (χ0) is 19.3. The number of methoxy groups -OCH3 is 1. The molecule has 8 nitrogen and oxygen atoms in total. The lowest BCUT2D eigenvalue weighted by atomic mass is 10.3. The first kappa shape index (κ1) is 17.7. The van der Waals surface area contributed by atoms with Gasteiger partial charge in [-0.25, -0.2) is 9.97 Å². The summed E-state index contributed by atoms with van der Waals surface area (Å²) in [6.45, 7) is 1.06. The van der Waals surface area contributed by atoms with E-state index in [0.717, 1.165) is 17.1 Å². The molecule has 4 rings (SSSR count). The summed E-state index contributed by atoms with van der Waals surface area (Å²) in [6.07, 6.45) is 3.40. The standard InChI is InChI=1S/C20H20N6O2/c1-27-9-10-28-17-7-5-15(6-8-17)24-20-22-12-18-19(25-20)26(13-23-18)16-4-2-3-14(21)11-16/h2-8,11-13H,9-10,21H2,1H3,(H,22,24,25). The number of aromatic nitrogens is 4. The summed E-state index contributed by atoms with van der Waals surface area (Å²) >= 11 is 0. The van der Waals surface area contributed by atoms with Crippen molar-refractivity contribution in [3.8, 4) is 11.4 Å². The topological polar surface area (TPSA) is 100 Å². The maximum absolute atomic E-state index is 5.90. The highest BCUT2D eigenvalue weighted by molar-refractivity contribution is 5.74.